The minimum absolute atomic E-state index is 0.00772. The molecule has 1 saturated heterocycles. The lowest BCUT2D eigenvalue weighted by Gasteiger charge is -2.41. The minimum Gasteiger partial charge on any atom is -0.490 e. The summed E-state index contributed by atoms with van der Waals surface area (Å²) in [6.45, 7) is 6.49. The number of hydrogen-bond acceptors (Lipinski definition) is 4. The molecular formula is C22H32N2O4. The Morgan fingerprint density at radius 2 is 1.75 bits per heavy atom. The van der Waals surface area contributed by atoms with Crippen molar-refractivity contribution in [2.45, 2.75) is 46.0 Å². The predicted octanol–water partition coefficient (Wildman–Crippen LogP) is 3.25. The summed E-state index contributed by atoms with van der Waals surface area (Å²) in [5.41, 5.74) is 0.464. The van der Waals surface area contributed by atoms with Gasteiger partial charge >= 0.3 is 0 Å². The first kappa shape index (κ1) is 20.5. The van der Waals surface area contributed by atoms with Crippen LogP contribution < -0.4 is 14.8 Å². The maximum absolute atomic E-state index is 12.6. The van der Waals surface area contributed by atoms with Gasteiger partial charge in [-0.15, -0.1) is 0 Å². The summed E-state index contributed by atoms with van der Waals surface area (Å²) in [5.74, 6) is 2.32. The molecule has 2 atom stereocenters. The summed E-state index contributed by atoms with van der Waals surface area (Å²) >= 11 is 0. The smallest absolute Gasteiger partial charge is 0.251 e. The van der Waals surface area contributed by atoms with Gasteiger partial charge in [-0.05, 0) is 56.7 Å². The van der Waals surface area contributed by atoms with Gasteiger partial charge in [-0.1, -0.05) is 19.3 Å². The molecule has 1 saturated carbocycles. The number of carbonyl (C=O) groups excluding carboxylic acids is 2. The second kappa shape index (κ2) is 9.80. The van der Waals surface area contributed by atoms with Crippen LogP contribution in [0.4, 0.5) is 0 Å². The van der Waals surface area contributed by atoms with Gasteiger partial charge in [0.05, 0.1) is 19.8 Å². The molecule has 1 aliphatic carbocycles. The molecule has 1 aromatic carbocycles. The van der Waals surface area contributed by atoms with Gasteiger partial charge in [0.15, 0.2) is 11.5 Å². The van der Waals surface area contributed by atoms with Crippen molar-refractivity contribution in [2.75, 3.05) is 32.8 Å². The van der Waals surface area contributed by atoms with Crippen LogP contribution in [0.15, 0.2) is 18.2 Å². The maximum Gasteiger partial charge on any atom is 0.251 e. The van der Waals surface area contributed by atoms with E-state index in [2.05, 4.69) is 5.32 Å². The second-order valence-corrected chi connectivity index (χ2v) is 7.64. The van der Waals surface area contributed by atoms with Gasteiger partial charge in [-0.25, -0.2) is 0 Å². The number of hydrogen-bond donors (Lipinski definition) is 1. The van der Waals surface area contributed by atoms with Crippen LogP contribution >= 0.6 is 0 Å². The number of piperidine rings is 1. The molecule has 1 heterocycles. The van der Waals surface area contributed by atoms with E-state index in [1.807, 2.05) is 18.7 Å². The number of ether oxygens (including phenoxy) is 2. The first-order valence-electron chi connectivity index (χ1n) is 10.6. The Morgan fingerprint density at radius 1 is 1.04 bits per heavy atom. The molecule has 154 valence electrons. The van der Waals surface area contributed by atoms with Crippen molar-refractivity contribution in [1.29, 1.82) is 0 Å². The summed E-state index contributed by atoms with van der Waals surface area (Å²) in [4.78, 5) is 27.0. The molecule has 28 heavy (non-hydrogen) atoms. The maximum atomic E-state index is 12.6. The monoisotopic (exact) mass is 388 g/mol. The fourth-order valence-corrected chi connectivity index (χ4v) is 4.39. The van der Waals surface area contributed by atoms with E-state index in [0.717, 1.165) is 25.4 Å². The highest BCUT2D eigenvalue weighted by Gasteiger charge is 2.32. The highest BCUT2D eigenvalue weighted by Crippen LogP contribution is 2.36. The third-order valence-corrected chi connectivity index (χ3v) is 5.85. The molecule has 0 aromatic heterocycles. The van der Waals surface area contributed by atoms with E-state index < -0.39 is 0 Å². The van der Waals surface area contributed by atoms with Crippen molar-refractivity contribution in [3.63, 3.8) is 0 Å². The van der Waals surface area contributed by atoms with E-state index in [1.54, 1.807) is 18.2 Å². The molecule has 2 amide bonds. The Kier molecular flexibility index (Phi) is 7.18. The van der Waals surface area contributed by atoms with Crippen LogP contribution in [0.3, 0.4) is 0 Å². The number of carbonyl (C=O) groups is 2. The summed E-state index contributed by atoms with van der Waals surface area (Å²) in [6, 6.07) is 5.10. The van der Waals surface area contributed by atoms with Crippen molar-refractivity contribution >= 4 is 11.8 Å². The van der Waals surface area contributed by atoms with Gasteiger partial charge in [-0.3, -0.25) is 9.59 Å². The van der Waals surface area contributed by atoms with Gasteiger partial charge < -0.3 is 19.7 Å². The topological polar surface area (TPSA) is 67.9 Å². The van der Waals surface area contributed by atoms with E-state index in [9.17, 15) is 9.59 Å². The van der Waals surface area contributed by atoms with Gasteiger partial charge in [0, 0.05) is 18.7 Å². The number of nitrogens with zero attached hydrogens (tertiary/aromatic N) is 1. The average Bonchev–Trinajstić information content (AvgIpc) is 2.73. The van der Waals surface area contributed by atoms with Gasteiger partial charge in [0.1, 0.15) is 0 Å². The molecule has 2 aliphatic rings. The van der Waals surface area contributed by atoms with Gasteiger partial charge in [-0.2, -0.15) is 0 Å². The minimum atomic E-state index is -0.273. The number of fused-ring (bicyclic) bond motifs is 1. The number of amides is 2. The third-order valence-electron chi connectivity index (χ3n) is 5.85. The zero-order valence-electron chi connectivity index (χ0n) is 17.0. The second-order valence-electron chi connectivity index (χ2n) is 7.64. The first-order valence-corrected chi connectivity index (χ1v) is 10.6. The molecule has 2 fully saturated rings. The van der Waals surface area contributed by atoms with E-state index in [0.29, 0.717) is 36.2 Å². The molecule has 0 radical (unpaired) electrons. The summed E-state index contributed by atoms with van der Waals surface area (Å²) in [6.07, 6.45) is 6.24. The summed E-state index contributed by atoms with van der Waals surface area (Å²) in [7, 11) is 0. The van der Waals surface area contributed by atoms with Crippen LogP contribution in [0.1, 0.15) is 56.3 Å². The molecule has 6 heteroatoms. The van der Waals surface area contributed by atoms with E-state index in [1.165, 1.54) is 25.7 Å². The van der Waals surface area contributed by atoms with Crippen LogP contribution in [0.5, 0.6) is 11.5 Å². The highest BCUT2D eigenvalue weighted by molar-refractivity contribution is 5.97. The van der Waals surface area contributed by atoms with Crippen LogP contribution in [0.2, 0.25) is 0 Å². The molecule has 1 aromatic rings. The largest absolute Gasteiger partial charge is 0.490 e. The number of rotatable bonds is 7. The van der Waals surface area contributed by atoms with Crippen molar-refractivity contribution in [1.82, 2.24) is 10.2 Å². The van der Waals surface area contributed by atoms with Crippen LogP contribution in [0, 0.1) is 11.8 Å². The molecular weight excluding hydrogens is 356 g/mol. The Bertz CT molecular complexity index is 691. The lowest BCUT2D eigenvalue weighted by atomic mass is 9.75. The summed E-state index contributed by atoms with van der Waals surface area (Å²) in [5, 5.41) is 2.76. The predicted molar refractivity (Wildman–Crippen MR) is 108 cm³/mol. The molecule has 1 aliphatic heterocycles. The Hall–Kier alpha value is -2.24. The zero-order valence-corrected chi connectivity index (χ0v) is 17.0. The zero-order chi connectivity index (χ0) is 19.9. The Labute approximate surface area is 167 Å². The molecule has 3 rings (SSSR count). The quantitative estimate of drug-likeness (QED) is 0.779. The fourth-order valence-electron chi connectivity index (χ4n) is 4.39. The van der Waals surface area contributed by atoms with Crippen LogP contribution in [0.25, 0.3) is 0 Å². The van der Waals surface area contributed by atoms with E-state index >= 15 is 0 Å². The van der Waals surface area contributed by atoms with Gasteiger partial charge in [0.2, 0.25) is 5.91 Å². The fraction of sp³-hybridized carbons (Fsp3) is 0.636. The standard InChI is InChI=1S/C22H32N2O4/c1-3-27-19-10-9-17(13-20(19)28-4-2)22(26)23-14-21(25)24-12-11-16-7-5-6-8-18(16)15-24/h9-10,13,16,18H,3-8,11-12,14-15H2,1-2H3,(H,23,26)/t16-,18-/m0/s1. The van der Waals surface area contributed by atoms with Crippen molar-refractivity contribution in [2.24, 2.45) is 11.8 Å². The molecule has 6 nitrogen and oxygen atoms in total. The Balaban J connectivity index is 1.54. The third kappa shape index (κ3) is 4.97. The molecule has 0 spiro atoms. The number of likely N-dealkylation sites (tertiary alicyclic amines) is 1. The SMILES string of the molecule is CCOc1ccc(C(=O)NCC(=O)N2CC[C@@H]3CCCC[C@H]3C2)cc1OCC. The molecule has 0 unspecified atom stereocenters. The molecule has 1 N–H and O–H groups in total. The first-order chi connectivity index (χ1) is 13.6. The van der Waals surface area contributed by atoms with Crippen molar-refractivity contribution in [3.05, 3.63) is 23.8 Å². The van der Waals surface area contributed by atoms with Gasteiger partial charge in [0.25, 0.3) is 5.91 Å². The highest BCUT2D eigenvalue weighted by atomic mass is 16.5. The lowest BCUT2D eigenvalue weighted by molar-refractivity contribution is -0.133. The van der Waals surface area contributed by atoms with Crippen LogP contribution in [-0.4, -0.2) is 49.6 Å². The van der Waals surface area contributed by atoms with E-state index in [4.69, 9.17) is 9.47 Å². The normalized spacial score (nSPS) is 21.6. The lowest BCUT2D eigenvalue weighted by Crippen LogP contribution is -2.48. The average molecular weight is 389 g/mol. The summed E-state index contributed by atoms with van der Waals surface area (Å²) < 4.78 is 11.1. The Morgan fingerprint density at radius 3 is 2.50 bits per heavy atom. The van der Waals surface area contributed by atoms with E-state index in [-0.39, 0.29) is 18.4 Å². The van der Waals surface area contributed by atoms with Crippen LogP contribution in [-0.2, 0) is 4.79 Å². The number of nitrogens with one attached hydrogen (secondary N) is 1. The number of benzene rings is 1. The van der Waals surface area contributed by atoms with Crippen molar-refractivity contribution in [3.8, 4) is 11.5 Å². The molecule has 0 bridgehead atoms. The van der Waals surface area contributed by atoms with Crippen molar-refractivity contribution < 1.29 is 19.1 Å².